The van der Waals surface area contributed by atoms with Gasteiger partial charge in [-0.2, -0.15) is 0 Å². The molecule has 7 nitrogen and oxygen atoms in total. The van der Waals surface area contributed by atoms with E-state index in [0.717, 1.165) is 25.2 Å². The van der Waals surface area contributed by atoms with Crippen LogP contribution in [0.4, 0.5) is 21.9 Å². The van der Waals surface area contributed by atoms with Gasteiger partial charge in [0.2, 0.25) is 5.91 Å². The van der Waals surface area contributed by atoms with Crippen LogP contribution in [0.2, 0.25) is 5.02 Å². The summed E-state index contributed by atoms with van der Waals surface area (Å²) < 4.78 is 5.76. The van der Waals surface area contributed by atoms with Crippen LogP contribution < -0.4 is 20.3 Å². The molecule has 1 saturated heterocycles. The first kappa shape index (κ1) is 23.4. The minimum atomic E-state index is -0.333. The predicted molar refractivity (Wildman–Crippen MR) is 136 cm³/mol. The minimum Gasteiger partial charge on any atom is -0.457 e. The van der Waals surface area contributed by atoms with Crippen molar-refractivity contribution in [1.29, 1.82) is 0 Å². The number of carbonyl (C=O) groups is 2. The molecule has 8 heteroatoms. The van der Waals surface area contributed by atoms with E-state index in [9.17, 15) is 9.59 Å². The Balaban J connectivity index is 1.28. The fraction of sp³-hybridized carbons (Fsp3) is 0.231. The van der Waals surface area contributed by atoms with E-state index in [4.69, 9.17) is 16.3 Å². The average Bonchev–Trinajstić information content (AvgIpc) is 3.30. The predicted octanol–water partition coefficient (Wildman–Crippen LogP) is 5.83. The highest BCUT2D eigenvalue weighted by molar-refractivity contribution is 6.30. The highest BCUT2D eigenvalue weighted by Gasteiger charge is 2.27. The highest BCUT2D eigenvalue weighted by atomic mass is 35.5. The Morgan fingerprint density at radius 2 is 1.62 bits per heavy atom. The van der Waals surface area contributed by atoms with Crippen molar-refractivity contribution in [3.8, 4) is 11.5 Å². The number of rotatable bonds is 6. The monoisotopic (exact) mass is 478 g/mol. The van der Waals surface area contributed by atoms with Crippen molar-refractivity contribution in [2.75, 3.05) is 35.7 Å². The molecule has 1 aliphatic heterocycles. The molecule has 1 aliphatic rings. The Morgan fingerprint density at radius 3 is 2.24 bits per heavy atom. The first-order valence-corrected chi connectivity index (χ1v) is 11.4. The molecule has 3 amide bonds. The number of hydrogen-bond donors (Lipinski definition) is 2. The summed E-state index contributed by atoms with van der Waals surface area (Å²) in [5.41, 5.74) is 2.41. The number of urea groups is 1. The van der Waals surface area contributed by atoms with Crippen LogP contribution in [-0.2, 0) is 4.79 Å². The molecule has 1 unspecified atom stereocenters. The summed E-state index contributed by atoms with van der Waals surface area (Å²) in [6.45, 7) is 3.30. The Labute approximate surface area is 204 Å². The van der Waals surface area contributed by atoms with E-state index < -0.39 is 0 Å². The fourth-order valence-electron chi connectivity index (χ4n) is 3.87. The van der Waals surface area contributed by atoms with Crippen LogP contribution >= 0.6 is 11.6 Å². The van der Waals surface area contributed by atoms with Gasteiger partial charge in [0.25, 0.3) is 0 Å². The molecule has 2 N–H and O–H groups in total. The number of benzene rings is 3. The van der Waals surface area contributed by atoms with E-state index in [-0.39, 0.29) is 18.0 Å². The van der Waals surface area contributed by atoms with Crippen LogP contribution in [0.5, 0.6) is 11.5 Å². The van der Waals surface area contributed by atoms with Gasteiger partial charge < -0.3 is 25.2 Å². The van der Waals surface area contributed by atoms with Crippen molar-refractivity contribution in [2.45, 2.75) is 19.4 Å². The van der Waals surface area contributed by atoms with Gasteiger partial charge in [-0.05, 0) is 73.2 Å². The lowest BCUT2D eigenvalue weighted by atomic mass is 10.2. The van der Waals surface area contributed by atoms with E-state index in [2.05, 4.69) is 15.5 Å². The lowest BCUT2D eigenvalue weighted by Crippen LogP contribution is -2.37. The van der Waals surface area contributed by atoms with Crippen molar-refractivity contribution < 1.29 is 14.3 Å². The van der Waals surface area contributed by atoms with Gasteiger partial charge in [-0.1, -0.05) is 17.7 Å². The number of hydrogen-bond acceptors (Lipinski definition) is 4. The standard InChI is InChI=1S/C26H27ClN4O3/c1-18(32)30(2)23-14-15-31(17-23)22-10-6-20(7-11-22)28-26(33)29-21-8-12-24(13-9-21)34-25-5-3-4-19(27)16-25/h3-13,16,23H,14-15,17H2,1-2H3,(H2,28,29,33). The van der Waals surface area contributed by atoms with E-state index in [0.29, 0.717) is 27.9 Å². The van der Waals surface area contributed by atoms with Gasteiger partial charge in [-0.15, -0.1) is 0 Å². The zero-order valence-electron chi connectivity index (χ0n) is 19.1. The molecule has 3 aromatic rings. The molecule has 4 rings (SSSR count). The molecule has 1 fully saturated rings. The lowest BCUT2D eigenvalue weighted by Gasteiger charge is -2.24. The Bertz CT molecular complexity index is 1150. The molecule has 1 atom stereocenters. The van der Waals surface area contributed by atoms with Crippen LogP contribution in [0.25, 0.3) is 0 Å². The van der Waals surface area contributed by atoms with Crippen molar-refractivity contribution >= 4 is 40.6 Å². The van der Waals surface area contributed by atoms with Crippen LogP contribution in [0.1, 0.15) is 13.3 Å². The van der Waals surface area contributed by atoms with Crippen molar-refractivity contribution in [1.82, 2.24) is 4.90 Å². The van der Waals surface area contributed by atoms with Gasteiger partial charge >= 0.3 is 6.03 Å². The molecule has 1 heterocycles. The summed E-state index contributed by atoms with van der Waals surface area (Å²) in [6.07, 6.45) is 0.946. The molecule has 0 aliphatic carbocycles. The third-order valence-corrected chi connectivity index (χ3v) is 6.08. The zero-order valence-corrected chi connectivity index (χ0v) is 19.9. The normalized spacial score (nSPS) is 15.0. The third kappa shape index (κ3) is 5.99. The summed E-state index contributed by atoms with van der Waals surface area (Å²) >= 11 is 5.98. The largest absolute Gasteiger partial charge is 0.457 e. The van der Waals surface area contributed by atoms with Gasteiger partial charge in [-0.25, -0.2) is 4.79 Å². The molecule has 176 valence electrons. The first-order chi connectivity index (χ1) is 16.4. The van der Waals surface area contributed by atoms with Crippen molar-refractivity contribution in [3.63, 3.8) is 0 Å². The molecule has 34 heavy (non-hydrogen) atoms. The van der Waals surface area contributed by atoms with E-state index in [1.807, 2.05) is 43.4 Å². The van der Waals surface area contributed by atoms with Crippen molar-refractivity contribution in [3.05, 3.63) is 77.8 Å². The number of ether oxygens (including phenoxy) is 1. The summed E-state index contributed by atoms with van der Waals surface area (Å²) in [6, 6.07) is 21.8. The quantitative estimate of drug-likeness (QED) is 0.467. The first-order valence-electron chi connectivity index (χ1n) is 11.1. The summed E-state index contributed by atoms with van der Waals surface area (Å²) in [5, 5.41) is 6.26. The van der Waals surface area contributed by atoms with Gasteiger partial charge in [0.15, 0.2) is 0 Å². The van der Waals surface area contributed by atoms with Crippen LogP contribution in [0.3, 0.4) is 0 Å². The van der Waals surface area contributed by atoms with Gasteiger partial charge in [0.1, 0.15) is 11.5 Å². The van der Waals surface area contributed by atoms with E-state index >= 15 is 0 Å². The maximum absolute atomic E-state index is 12.4. The number of likely N-dealkylation sites (N-methyl/N-ethyl adjacent to an activating group) is 1. The van der Waals surface area contributed by atoms with Crippen molar-refractivity contribution in [2.24, 2.45) is 0 Å². The maximum Gasteiger partial charge on any atom is 0.323 e. The van der Waals surface area contributed by atoms with Gasteiger partial charge in [0, 0.05) is 49.1 Å². The molecule has 0 radical (unpaired) electrons. The molecule has 0 saturated carbocycles. The second kappa shape index (κ2) is 10.5. The van der Waals surface area contributed by atoms with Crippen LogP contribution in [-0.4, -0.2) is 43.0 Å². The molecular weight excluding hydrogens is 452 g/mol. The second-order valence-corrected chi connectivity index (χ2v) is 8.66. The maximum atomic E-state index is 12.4. The van der Waals surface area contributed by atoms with Gasteiger partial charge in [0.05, 0.1) is 6.04 Å². The van der Waals surface area contributed by atoms with Gasteiger partial charge in [-0.3, -0.25) is 4.79 Å². The third-order valence-electron chi connectivity index (χ3n) is 5.84. The molecule has 0 spiro atoms. The molecule has 0 aromatic heterocycles. The highest BCUT2D eigenvalue weighted by Crippen LogP contribution is 2.26. The van der Waals surface area contributed by atoms with Crippen LogP contribution in [0, 0.1) is 0 Å². The Hall–Kier alpha value is -3.71. The Kier molecular flexibility index (Phi) is 7.23. The second-order valence-electron chi connectivity index (χ2n) is 8.23. The fourth-order valence-corrected chi connectivity index (χ4v) is 4.05. The Morgan fingerprint density at radius 1 is 0.971 bits per heavy atom. The molecule has 0 bridgehead atoms. The average molecular weight is 479 g/mol. The SMILES string of the molecule is CC(=O)N(C)C1CCN(c2ccc(NC(=O)Nc3ccc(Oc4cccc(Cl)c4)cc3)cc2)C1. The molecule has 3 aromatic carbocycles. The minimum absolute atomic E-state index is 0.0840. The number of halogens is 1. The summed E-state index contributed by atoms with van der Waals surface area (Å²) in [5.74, 6) is 1.37. The smallest absolute Gasteiger partial charge is 0.323 e. The number of carbonyl (C=O) groups excluding carboxylic acids is 2. The lowest BCUT2D eigenvalue weighted by molar-refractivity contribution is -0.129. The number of nitrogens with one attached hydrogen (secondary N) is 2. The van der Waals surface area contributed by atoms with Crippen LogP contribution in [0.15, 0.2) is 72.8 Å². The number of amides is 3. The summed E-state index contributed by atoms with van der Waals surface area (Å²) in [4.78, 5) is 28.1. The summed E-state index contributed by atoms with van der Waals surface area (Å²) in [7, 11) is 1.85. The van der Waals surface area contributed by atoms with E-state index in [1.165, 1.54) is 0 Å². The molecular formula is C26H27ClN4O3. The number of anilines is 3. The number of nitrogens with zero attached hydrogens (tertiary/aromatic N) is 2. The topological polar surface area (TPSA) is 73.9 Å². The van der Waals surface area contributed by atoms with E-state index in [1.54, 1.807) is 48.2 Å². The zero-order chi connectivity index (χ0) is 24.1.